The summed E-state index contributed by atoms with van der Waals surface area (Å²) in [5, 5.41) is 1.36. The third-order valence-corrected chi connectivity index (χ3v) is 2.74. The summed E-state index contributed by atoms with van der Waals surface area (Å²) in [7, 11) is 0. The maximum absolute atomic E-state index is 11.3. The van der Waals surface area contributed by atoms with E-state index in [1.54, 1.807) is 24.3 Å². The first-order valence-electron chi connectivity index (χ1n) is 4.04. The van der Waals surface area contributed by atoms with Crippen molar-refractivity contribution in [1.82, 2.24) is 5.32 Å². The van der Waals surface area contributed by atoms with Gasteiger partial charge in [0.05, 0.1) is 0 Å². The van der Waals surface area contributed by atoms with Gasteiger partial charge in [0, 0.05) is 4.90 Å². The molecule has 86 valence electrons. The lowest BCUT2D eigenvalue weighted by molar-refractivity contribution is -0.119. The lowest BCUT2D eigenvalue weighted by Crippen LogP contribution is -2.36. The number of alkyl halides is 3. The van der Waals surface area contributed by atoms with Gasteiger partial charge in [-0.15, -0.1) is 0 Å². The SMILES string of the molecule is O=C(NC(=O)C(Cl)(Cl)Cl)Sc1ccccc1. The molecule has 7 heteroatoms. The molecule has 1 aromatic rings. The van der Waals surface area contributed by atoms with E-state index in [1.165, 1.54) is 0 Å². The maximum Gasteiger partial charge on any atom is 0.290 e. The molecule has 3 nitrogen and oxygen atoms in total. The van der Waals surface area contributed by atoms with E-state index in [0.29, 0.717) is 4.90 Å². The number of thioether (sulfide) groups is 1. The highest BCUT2D eigenvalue weighted by Crippen LogP contribution is 2.26. The van der Waals surface area contributed by atoms with Gasteiger partial charge in [0.25, 0.3) is 14.9 Å². The van der Waals surface area contributed by atoms with Crippen LogP contribution in [0.1, 0.15) is 0 Å². The Morgan fingerprint density at radius 3 is 2.19 bits per heavy atom. The quantitative estimate of drug-likeness (QED) is 0.638. The highest BCUT2D eigenvalue weighted by molar-refractivity contribution is 8.13. The molecule has 0 bridgehead atoms. The Balaban J connectivity index is 2.52. The summed E-state index contributed by atoms with van der Waals surface area (Å²) in [4.78, 5) is 23.1. The topological polar surface area (TPSA) is 46.2 Å². The lowest BCUT2D eigenvalue weighted by atomic mass is 10.4. The van der Waals surface area contributed by atoms with E-state index in [0.717, 1.165) is 11.8 Å². The minimum atomic E-state index is -2.13. The molecule has 0 aliphatic carbocycles. The Labute approximate surface area is 111 Å². The Morgan fingerprint density at radius 2 is 1.69 bits per heavy atom. The second-order valence-corrected chi connectivity index (χ2v) is 5.98. The summed E-state index contributed by atoms with van der Waals surface area (Å²) >= 11 is 16.7. The number of hydrogen-bond donors (Lipinski definition) is 1. The van der Waals surface area contributed by atoms with Crippen LogP contribution >= 0.6 is 46.6 Å². The molecule has 2 amide bonds. The number of nitrogens with one attached hydrogen (secondary N) is 1. The number of hydrogen-bond acceptors (Lipinski definition) is 3. The third kappa shape index (κ3) is 4.61. The fourth-order valence-electron chi connectivity index (χ4n) is 0.785. The largest absolute Gasteiger partial charge is 0.290 e. The number of halogens is 3. The molecule has 0 saturated heterocycles. The number of carbonyl (C=O) groups excluding carboxylic acids is 2. The summed E-state index contributed by atoms with van der Waals surface area (Å²) in [5.41, 5.74) is 0. The number of amides is 2. The van der Waals surface area contributed by atoms with Crippen LogP contribution in [0.4, 0.5) is 4.79 Å². The summed E-state index contributed by atoms with van der Waals surface area (Å²) in [6, 6.07) is 8.81. The van der Waals surface area contributed by atoms with Gasteiger partial charge in [-0.2, -0.15) is 0 Å². The molecule has 0 aliphatic heterocycles. The molecular weight excluding hydrogens is 293 g/mol. The second kappa shape index (κ2) is 5.77. The second-order valence-electron chi connectivity index (χ2n) is 2.65. The summed E-state index contributed by atoms with van der Waals surface area (Å²) in [6.45, 7) is 0. The number of carbonyl (C=O) groups is 2. The maximum atomic E-state index is 11.3. The molecule has 0 fully saturated rings. The molecule has 0 heterocycles. The summed E-state index contributed by atoms with van der Waals surface area (Å²) in [6.07, 6.45) is 0. The zero-order valence-corrected chi connectivity index (χ0v) is 10.8. The standard InChI is InChI=1S/C9H6Cl3NO2S/c10-9(11,12)7(14)13-8(15)16-6-4-2-1-3-5-6/h1-5H,(H,13,14,15). The van der Waals surface area contributed by atoms with E-state index in [2.05, 4.69) is 0 Å². The van der Waals surface area contributed by atoms with E-state index in [-0.39, 0.29) is 0 Å². The zero-order valence-electron chi connectivity index (χ0n) is 7.75. The molecule has 0 aliphatic rings. The van der Waals surface area contributed by atoms with Crippen LogP contribution in [0.15, 0.2) is 35.2 Å². The molecular formula is C9H6Cl3NO2S. The smallest absolute Gasteiger partial charge is 0.283 e. The first kappa shape index (κ1) is 13.6. The van der Waals surface area contributed by atoms with Gasteiger partial charge in [-0.05, 0) is 23.9 Å². The zero-order chi connectivity index (χ0) is 12.2. The Hall–Kier alpha value is -0.420. The molecule has 16 heavy (non-hydrogen) atoms. The highest BCUT2D eigenvalue weighted by atomic mass is 35.6. The summed E-state index contributed by atoms with van der Waals surface area (Å²) < 4.78 is -2.13. The van der Waals surface area contributed by atoms with Crippen molar-refractivity contribution in [3.8, 4) is 0 Å². The average molecular weight is 299 g/mol. The summed E-state index contributed by atoms with van der Waals surface area (Å²) in [5.74, 6) is -0.967. The normalized spacial score (nSPS) is 10.9. The van der Waals surface area contributed by atoms with Crippen LogP contribution in [-0.2, 0) is 4.79 Å². The van der Waals surface area contributed by atoms with Crippen molar-refractivity contribution in [2.45, 2.75) is 8.69 Å². The lowest BCUT2D eigenvalue weighted by Gasteiger charge is -2.09. The molecule has 1 rings (SSSR count). The minimum Gasteiger partial charge on any atom is -0.283 e. The first-order valence-corrected chi connectivity index (χ1v) is 5.99. The van der Waals surface area contributed by atoms with E-state index < -0.39 is 14.9 Å². The predicted molar refractivity (Wildman–Crippen MR) is 66.1 cm³/mol. The van der Waals surface area contributed by atoms with Crippen LogP contribution in [0.2, 0.25) is 0 Å². The van der Waals surface area contributed by atoms with E-state index in [9.17, 15) is 9.59 Å². The van der Waals surface area contributed by atoms with Crippen LogP contribution < -0.4 is 5.32 Å². The molecule has 0 saturated carbocycles. The van der Waals surface area contributed by atoms with Crippen LogP contribution in [0.25, 0.3) is 0 Å². The molecule has 1 aromatic carbocycles. The predicted octanol–water partition coefficient (Wildman–Crippen LogP) is 3.39. The highest BCUT2D eigenvalue weighted by Gasteiger charge is 2.32. The molecule has 0 radical (unpaired) electrons. The van der Waals surface area contributed by atoms with Gasteiger partial charge in [-0.25, -0.2) is 0 Å². The van der Waals surface area contributed by atoms with Crippen LogP contribution in [-0.4, -0.2) is 14.9 Å². The van der Waals surface area contributed by atoms with Gasteiger partial charge in [0.2, 0.25) is 0 Å². The van der Waals surface area contributed by atoms with Crippen molar-refractivity contribution in [2.75, 3.05) is 0 Å². The van der Waals surface area contributed by atoms with Crippen LogP contribution in [0, 0.1) is 0 Å². The van der Waals surface area contributed by atoms with Gasteiger partial charge in [-0.1, -0.05) is 53.0 Å². The Morgan fingerprint density at radius 1 is 1.12 bits per heavy atom. The van der Waals surface area contributed by atoms with Crippen LogP contribution in [0.3, 0.4) is 0 Å². The van der Waals surface area contributed by atoms with Crippen molar-refractivity contribution in [1.29, 1.82) is 0 Å². The average Bonchev–Trinajstić information content (AvgIpc) is 2.17. The first-order chi connectivity index (χ1) is 7.39. The Kier molecular flexibility index (Phi) is 4.92. The van der Waals surface area contributed by atoms with Crippen molar-refractivity contribution >= 4 is 57.7 Å². The molecule has 1 N–H and O–H groups in total. The van der Waals surface area contributed by atoms with E-state index in [4.69, 9.17) is 34.8 Å². The fourth-order valence-corrected chi connectivity index (χ4v) is 1.58. The Bertz CT molecular complexity index is 391. The molecule has 0 atom stereocenters. The molecule has 0 spiro atoms. The van der Waals surface area contributed by atoms with Gasteiger partial charge < -0.3 is 0 Å². The van der Waals surface area contributed by atoms with Crippen molar-refractivity contribution in [3.05, 3.63) is 30.3 Å². The van der Waals surface area contributed by atoms with Crippen molar-refractivity contribution < 1.29 is 9.59 Å². The number of benzene rings is 1. The van der Waals surface area contributed by atoms with E-state index in [1.807, 2.05) is 11.4 Å². The van der Waals surface area contributed by atoms with Gasteiger partial charge in [-0.3, -0.25) is 14.9 Å². The van der Waals surface area contributed by atoms with Crippen molar-refractivity contribution in [3.63, 3.8) is 0 Å². The number of rotatable bonds is 1. The molecule has 0 aromatic heterocycles. The van der Waals surface area contributed by atoms with Crippen molar-refractivity contribution in [2.24, 2.45) is 0 Å². The monoisotopic (exact) mass is 297 g/mol. The fraction of sp³-hybridized carbons (Fsp3) is 0.111. The van der Waals surface area contributed by atoms with Gasteiger partial charge in [0.1, 0.15) is 0 Å². The molecule has 0 unspecified atom stereocenters. The van der Waals surface area contributed by atoms with Gasteiger partial charge >= 0.3 is 0 Å². The minimum absolute atomic E-state index is 0.595. The van der Waals surface area contributed by atoms with E-state index >= 15 is 0 Å². The third-order valence-electron chi connectivity index (χ3n) is 1.43. The number of imide groups is 1. The van der Waals surface area contributed by atoms with Gasteiger partial charge in [0.15, 0.2) is 0 Å². The van der Waals surface area contributed by atoms with Crippen LogP contribution in [0.5, 0.6) is 0 Å².